The predicted octanol–water partition coefficient (Wildman–Crippen LogP) is 2.26. The highest BCUT2D eigenvalue weighted by molar-refractivity contribution is 5.48. The highest BCUT2D eigenvalue weighted by Gasteiger charge is 2.39. The number of halogens is 2. The maximum atomic E-state index is 13.2. The number of nitrogens with two attached hydrogens (primary N) is 1. The van der Waals surface area contributed by atoms with Gasteiger partial charge in [0.05, 0.1) is 11.2 Å². The van der Waals surface area contributed by atoms with E-state index in [1.807, 2.05) is 0 Å². The SMILES string of the molecule is Nc1cc(C2(N=C=O)CCC2)cc(F)c1F. The minimum absolute atomic E-state index is 0.262. The molecule has 0 spiro atoms. The second kappa shape index (κ2) is 3.68. The molecule has 84 valence electrons. The van der Waals surface area contributed by atoms with Crippen molar-refractivity contribution in [1.82, 2.24) is 0 Å². The first-order valence-corrected chi connectivity index (χ1v) is 4.93. The molecule has 1 aliphatic carbocycles. The van der Waals surface area contributed by atoms with E-state index in [2.05, 4.69) is 4.99 Å². The third-order valence-corrected chi connectivity index (χ3v) is 3.03. The molecule has 0 bridgehead atoms. The smallest absolute Gasteiger partial charge is 0.235 e. The van der Waals surface area contributed by atoms with Crippen molar-refractivity contribution in [3.63, 3.8) is 0 Å². The Balaban J connectivity index is 2.51. The number of anilines is 1. The van der Waals surface area contributed by atoms with Gasteiger partial charge in [-0.05, 0) is 37.0 Å². The second-order valence-electron chi connectivity index (χ2n) is 3.95. The van der Waals surface area contributed by atoms with Gasteiger partial charge in [0.2, 0.25) is 6.08 Å². The minimum atomic E-state index is -1.06. The summed E-state index contributed by atoms with van der Waals surface area (Å²) in [5.41, 5.74) is 4.77. The molecule has 1 aliphatic rings. The molecular weight excluding hydrogens is 214 g/mol. The number of hydrogen-bond acceptors (Lipinski definition) is 3. The summed E-state index contributed by atoms with van der Waals surface area (Å²) in [6.45, 7) is 0. The first kappa shape index (κ1) is 10.8. The number of rotatable bonds is 2. The van der Waals surface area contributed by atoms with Crippen LogP contribution in [0.5, 0.6) is 0 Å². The van der Waals surface area contributed by atoms with Crippen LogP contribution >= 0.6 is 0 Å². The first-order valence-electron chi connectivity index (χ1n) is 4.93. The highest BCUT2D eigenvalue weighted by Crippen LogP contribution is 2.45. The van der Waals surface area contributed by atoms with Crippen LogP contribution in [0.1, 0.15) is 24.8 Å². The molecule has 1 aromatic rings. The average Bonchev–Trinajstić information content (AvgIpc) is 2.19. The van der Waals surface area contributed by atoms with Crippen molar-refractivity contribution in [3.8, 4) is 0 Å². The monoisotopic (exact) mass is 224 g/mol. The molecule has 1 saturated carbocycles. The lowest BCUT2D eigenvalue weighted by atomic mass is 9.72. The Morgan fingerprint density at radius 2 is 2.06 bits per heavy atom. The maximum Gasteiger partial charge on any atom is 0.235 e. The molecule has 0 atom stereocenters. The van der Waals surface area contributed by atoms with Crippen LogP contribution < -0.4 is 5.73 Å². The summed E-state index contributed by atoms with van der Waals surface area (Å²) in [5, 5.41) is 0. The fraction of sp³-hybridized carbons (Fsp3) is 0.364. The first-order chi connectivity index (χ1) is 7.59. The third-order valence-electron chi connectivity index (χ3n) is 3.03. The van der Waals surface area contributed by atoms with E-state index in [9.17, 15) is 13.6 Å². The fourth-order valence-electron chi connectivity index (χ4n) is 1.94. The molecule has 2 N–H and O–H groups in total. The topological polar surface area (TPSA) is 55.4 Å². The molecule has 5 heteroatoms. The Bertz CT molecular complexity index is 454. The van der Waals surface area contributed by atoms with Crippen molar-refractivity contribution in [2.75, 3.05) is 5.73 Å². The van der Waals surface area contributed by atoms with Gasteiger partial charge in [-0.3, -0.25) is 0 Å². The van der Waals surface area contributed by atoms with E-state index in [-0.39, 0.29) is 5.69 Å². The molecule has 0 radical (unpaired) electrons. The lowest BCUT2D eigenvalue weighted by Gasteiger charge is -2.37. The maximum absolute atomic E-state index is 13.2. The van der Waals surface area contributed by atoms with E-state index in [1.54, 1.807) is 0 Å². The van der Waals surface area contributed by atoms with Crippen LogP contribution in [-0.4, -0.2) is 6.08 Å². The van der Waals surface area contributed by atoms with E-state index in [0.29, 0.717) is 18.4 Å². The predicted molar refractivity (Wildman–Crippen MR) is 54.4 cm³/mol. The zero-order valence-corrected chi connectivity index (χ0v) is 8.46. The number of benzene rings is 1. The van der Waals surface area contributed by atoms with Crippen LogP contribution in [0.2, 0.25) is 0 Å². The van der Waals surface area contributed by atoms with Crippen LogP contribution in [0.3, 0.4) is 0 Å². The van der Waals surface area contributed by atoms with Crippen molar-refractivity contribution in [2.45, 2.75) is 24.8 Å². The van der Waals surface area contributed by atoms with E-state index in [1.165, 1.54) is 12.1 Å². The van der Waals surface area contributed by atoms with E-state index >= 15 is 0 Å². The van der Waals surface area contributed by atoms with Crippen LogP contribution in [0.15, 0.2) is 17.1 Å². The highest BCUT2D eigenvalue weighted by atomic mass is 19.2. The van der Waals surface area contributed by atoms with Gasteiger partial charge in [-0.25, -0.2) is 13.6 Å². The fourth-order valence-corrected chi connectivity index (χ4v) is 1.94. The summed E-state index contributed by atoms with van der Waals surface area (Å²) in [6.07, 6.45) is 3.64. The van der Waals surface area contributed by atoms with Gasteiger partial charge >= 0.3 is 0 Å². The number of nitrogens with zero attached hydrogens (tertiary/aromatic N) is 1. The van der Waals surface area contributed by atoms with Gasteiger partial charge in [0, 0.05) is 0 Å². The lowest BCUT2D eigenvalue weighted by molar-refractivity contribution is 0.255. The van der Waals surface area contributed by atoms with Crippen molar-refractivity contribution in [1.29, 1.82) is 0 Å². The van der Waals surface area contributed by atoms with Crippen LogP contribution in [0, 0.1) is 11.6 Å². The quantitative estimate of drug-likeness (QED) is 0.476. The van der Waals surface area contributed by atoms with Crippen molar-refractivity contribution < 1.29 is 13.6 Å². The Morgan fingerprint density at radius 1 is 1.38 bits per heavy atom. The number of aliphatic imine (C=N–C) groups is 1. The summed E-state index contributed by atoms with van der Waals surface area (Å²) in [7, 11) is 0. The molecule has 0 unspecified atom stereocenters. The summed E-state index contributed by atoms with van der Waals surface area (Å²) >= 11 is 0. The van der Waals surface area contributed by atoms with Gasteiger partial charge < -0.3 is 5.73 Å². The molecule has 2 rings (SSSR count). The molecule has 3 nitrogen and oxygen atoms in total. The standard InChI is InChI=1S/C11H10F2N2O/c12-8-4-7(5-9(14)10(8)13)11(15-6-16)2-1-3-11/h4-5H,1-3,14H2. The van der Waals surface area contributed by atoms with Gasteiger partial charge in [-0.1, -0.05) is 0 Å². The molecule has 0 aromatic heterocycles. The minimum Gasteiger partial charge on any atom is -0.396 e. The number of nitrogen functional groups attached to an aromatic ring is 1. The summed E-state index contributed by atoms with van der Waals surface area (Å²) < 4.78 is 26.2. The van der Waals surface area contributed by atoms with Gasteiger partial charge in [0.1, 0.15) is 0 Å². The lowest BCUT2D eigenvalue weighted by Crippen LogP contribution is -2.32. The normalized spacial score (nSPS) is 17.4. The Hall–Kier alpha value is -1.74. The Kier molecular flexibility index (Phi) is 2.48. The molecule has 0 heterocycles. The van der Waals surface area contributed by atoms with Crippen LogP contribution in [-0.2, 0) is 10.3 Å². The zero-order valence-electron chi connectivity index (χ0n) is 8.46. The van der Waals surface area contributed by atoms with Gasteiger partial charge in [0.25, 0.3) is 0 Å². The van der Waals surface area contributed by atoms with Gasteiger partial charge in [0.15, 0.2) is 11.6 Å². The molecule has 1 fully saturated rings. The largest absolute Gasteiger partial charge is 0.396 e. The van der Waals surface area contributed by atoms with E-state index in [0.717, 1.165) is 12.5 Å². The molecule has 1 aromatic carbocycles. The van der Waals surface area contributed by atoms with Gasteiger partial charge in [-0.2, -0.15) is 4.99 Å². The number of carbonyl (C=O) groups excluding carboxylic acids is 1. The summed E-state index contributed by atoms with van der Waals surface area (Å²) in [4.78, 5) is 14.0. The molecular formula is C11H10F2N2O. The molecule has 0 saturated heterocycles. The third kappa shape index (κ3) is 1.49. The zero-order chi connectivity index (χ0) is 11.8. The van der Waals surface area contributed by atoms with Crippen molar-refractivity contribution in [3.05, 3.63) is 29.3 Å². The number of hydrogen-bond donors (Lipinski definition) is 1. The number of isocyanates is 1. The van der Waals surface area contributed by atoms with Gasteiger partial charge in [-0.15, -0.1) is 0 Å². The molecule has 0 aliphatic heterocycles. The summed E-state index contributed by atoms with van der Waals surface area (Å²) in [5.74, 6) is -2.07. The Morgan fingerprint density at radius 3 is 2.50 bits per heavy atom. The van der Waals surface area contributed by atoms with Crippen molar-refractivity contribution in [2.24, 2.45) is 4.99 Å². The van der Waals surface area contributed by atoms with Crippen LogP contribution in [0.25, 0.3) is 0 Å². The summed E-state index contributed by atoms with van der Waals surface area (Å²) in [6, 6.07) is 2.38. The average molecular weight is 224 g/mol. The van der Waals surface area contributed by atoms with Crippen LogP contribution in [0.4, 0.5) is 14.5 Å². The van der Waals surface area contributed by atoms with E-state index < -0.39 is 17.2 Å². The van der Waals surface area contributed by atoms with Crippen molar-refractivity contribution >= 4 is 11.8 Å². The van der Waals surface area contributed by atoms with E-state index in [4.69, 9.17) is 5.73 Å². The second-order valence-corrected chi connectivity index (χ2v) is 3.95. The Labute approximate surface area is 91.0 Å². The molecule has 16 heavy (non-hydrogen) atoms. The molecule has 0 amide bonds.